The molecule has 0 atom stereocenters. The molecule has 0 aliphatic rings. The minimum absolute atomic E-state index is 0.235. The minimum atomic E-state index is 0.235. The maximum atomic E-state index is 9.48. The first-order valence-corrected chi connectivity index (χ1v) is 17.2. The zero-order valence-electron chi connectivity index (χ0n) is 28.3. The van der Waals surface area contributed by atoms with Gasteiger partial charge in [-0.3, -0.25) is 4.68 Å². The molecule has 0 radical (unpaired) electrons. The van der Waals surface area contributed by atoms with E-state index in [1.807, 2.05) is 51.2 Å². The third-order valence-corrected chi connectivity index (χ3v) is 8.67. The van der Waals surface area contributed by atoms with E-state index in [1.165, 1.54) is 19.0 Å². The molecule has 19 heteroatoms. The monoisotopic (exact) mass is 806 g/mol. The number of rotatable bonds is 6. The summed E-state index contributed by atoms with van der Waals surface area (Å²) >= 11 is 15.5. The van der Waals surface area contributed by atoms with Crippen LogP contribution in [-0.2, 0) is 26.0 Å². The van der Waals surface area contributed by atoms with E-state index in [-0.39, 0.29) is 12.4 Å². The third-order valence-electron chi connectivity index (χ3n) is 7.56. The molecular formula is C33H29BrCl2N12O4. The molecule has 8 rings (SSSR count). The van der Waals surface area contributed by atoms with Crippen molar-refractivity contribution in [3.8, 4) is 34.4 Å². The molecule has 0 saturated carbocycles. The molecule has 1 N–H and O–H groups in total. The van der Waals surface area contributed by atoms with Crippen LogP contribution in [0.15, 0.2) is 64.4 Å². The molecule has 266 valence electrons. The van der Waals surface area contributed by atoms with Crippen LogP contribution in [0.3, 0.4) is 0 Å². The molecule has 2 aromatic carbocycles. The average Bonchev–Trinajstić information content (AvgIpc) is 3.95. The number of phenolic OH excluding ortho intramolecular Hbond substituents is 1. The molecule has 0 aliphatic heterocycles. The number of fused-ring (bicyclic) bond motifs is 2. The first-order valence-electron chi connectivity index (χ1n) is 15.3. The van der Waals surface area contributed by atoms with Gasteiger partial charge in [0, 0.05) is 30.6 Å². The van der Waals surface area contributed by atoms with Crippen LogP contribution in [-0.4, -0.2) is 64.9 Å². The number of alkyl halides is 1. The van der Waals surface area contributed by atoms with E-state index in [0.717, 1.165) is 39.0 Å². The summed E-state index contributed by atoms with van der Waals surface area (Å²) in [5.74, 6) is 2.38. The number of aryl methyl sites for hydroxylation is 5. The fourth-order valence-corrected chi connectivity index (χ4v) is 5.81. The predicted octanol–water partition coefficient (Wildman–Crippen LogP) is 6.92. The minimum Gasteiger partial charge on any atom is -0.508 e. The second-order valence-electron chi connectivity index (χ2n) is 11.2. The second-order valence-corrected chi connectivity index (χ2v) is 12.4. The number of ether oxygens (including phenoxy) is 1. The van der Waals surface area contributed by atoms with Crippen molar-refractivity contribution in [2.75, 3.05) is 0 Å². The summed E-state index contributed by atoms with van der Waals surface area (Å²) in [4.78, 5) is 24.3. The highest BCUT2D eigenvalue weighted by molar-refractivity contribution is 9.08. The van der Waals surface area contributed by atoms with E-state index in [4.69, 9.17) is 37.0 Å². The first kappa shape index (κ1) is 36.3. The van der Waals surface area contributed by atoms with Crippen molar-refractivity contribution in [3.63, 3.8) is 0 Å². The van der Waals surface area contributed by atoms with E-state index in [0.29, 0.717) is 55.7 Å². The van der Waals surface area contributed by atoms with E-state index >= 15 is 0 Å². The lowest BCUT2D eigenvalue weighted by Gasteiger charge is -2.09. The molecule has 16 nitrogen and oxygen atoms in total. The quantitative estimate of drug-likeness (QED) is 0.134. The average molecular weight is 808 g/mol. The molecule has 0 saturated heterocycles. The van der Waals surface area contributed by atoms with E-state index < -0.39 is 0 Å². The molecule has 0 aliphatic carbocycles. The fourth-order valence-electron chi connectivity index (χ4n) is 4.94. The lowest BCUT2D eigenvalue weighted by molar-refractivity contribution is 0.299. The molecule has 6 aromatic heterocycles. The van der Waals surface area contributed by atoms with Crippen LogP contribution < -0.4 is 4.74 Å². The van der Waals surface area contributed by atoms with Gasteiger partial charge in [-0.15, -0.1) is 0 Å². The van der Waals surface area contributed by atoms with Crippen molar-refractivity contribution in [3.05, 3.63) is 94.0 Å². The number of aromatic nitrogens is 12. The van der Waals surface area contributed by atoms with Crippen molar-refractivity contribution in [1.82, 2.24) is 59.8 Å². The van der Waals surface area contributed by atoms with Crippen molar-refractivity contribution in [2.45, 2.75) is 32.7 Å². The van der Waals surface area contributed by atoms with E-state index in [2.05, 4.69) is 66.3 Å². The van der Waals surface area contributed by atoms with Crippen LogP contribution in [0, 0.1) is 20.8 Å². The van der Waals surface area contributed by atoms with Gasteiger partial charge in [0.15, 0.2) is 23.4 Å². The molecule has 0 amide bonds. The Labute approximate surface area is 313 Å². The van der Waals surface area contributed by atoms with Crippen LogP contribution >= 0.6 is 39.1 Å². The molecule has 6 heterocycles. The highest BCUT2D eigenvalue weighted by Crippen LogP contribution is 2.29. The normalized spacial score (nSPS) is 10.9. The Bertz CT molecular complexity index is 2480. The molecule has 52 heavy (non-hydrogen) atoms. The topological polar surface area (TPSA) is 194 Å². The maximum Gasteiger partial charge on any atom is 0.258 e. The van der Waals surface area contributed by atoms with Gasteiger partial charge in [0.1, 0.15) is 46.8 Å². The van der Waals surface area contributed by atoms with Crippen molar-refractivity contribution in [1.29, 1.82) is 0 Å². The highest BCUT2D eigenvalue weighted by atomic mass is 79.9. The van der Waals surface area contributed by atoms with Crippen LogP contribution in [0.1, 0.15) is 28.3 Å². The fraction of sp³-hybridized carbons (Fsp3) is 0.212. The molecule has 0 spiro atoms. The summed E-state index contributed by atoms with van der Waals surface area (Å²) in [7, 11) is 3.63. The molecule has 0 unspecified atom stereocenters. The van der Waals surface area contributed by atoms with Crippen molar-refractivity contribution < 1.29 is 18.9 Å². The smallest absolute Gasteiger partial charge is 0.258 e. The predicted molar refractivity (Wildman–Crippen MR) is 195 cm³/mol. The zero-order valence-corrected chi connectivity index (χ0v) is 31.4. The zero-order chi connectivity index (χ0) is 36.9. The summed E-state index contributed by atoms with van der Waals surface area (Å²) in [5.41, 5.74) is 6.27. The summed E-state index contributed by atoms with van der Waals surface area (Å²) < 4.78 is 19.4. The largest absolute Gasteiger partial charge is 0.508 e. The summed E-state index contributed by atoms with van der Waals surface area (Å²) in [6.45, 7) is 5.78. The Morgan fingerprint density at radius 1 is 0.750 bits per heavy atom. The second kappa shape index (κ2) is 15.8. The van der Waals surface area contributed by atoms with Gasteiger partial charge >= 0.3 is 0 Å². The van der Waals surface area contributed by atoms with Gasteiger partial charge in [-0.05, 0) is 56.2 Å². The van der Waals surface area contributed by atoms with Gasteiger partial charge in [0.05, 0.1) is 16.5 Å². The van der Waals surface area contributed by atoms with Gasteiger partial charge < -0.3 is 18.9 Å². The van der Waals surface area contributed by atoms with Crippen molar-refractivity contribution in [2.24, 2.45) is 14.1 Å². The number of hydrogen-bond donors (Lipinski definition) is 1. The Kier molecular flexibility index (Phi) is 11.0. The van der Waals surface area contributed by atoms with Crippen molar-refractivity contribution >= 4 is 61.2 Å². The molecule has 8 aromatic rings. The Morgan fingerprint density at radius 3 is 1.94 bits per heavy atom. The van der Waals surface area contributed by atoms with Crippen LogP contribution in [0.25, 0.3) is 45.0 Å². The summed E-state index contributed by atoms with van der Waals surface area (Å²) in [5, 5.41) is 28.4. The third kappa shape index (κ3) is 7.85. The van der Waals surface area contributed by atoms with E-state index in [1.54, 1.807) is 29.4 Å². The Hall–Kier alpha value is -5.52. The lowest BCUT2D eigenvalue weighted by atomic mass is 10.1. The summed E-state index contributed by atoms with van der Waals surface area (Å²) in [6.07, 6.45) is 4.21. The number of phenols is 1. The van der Waals surface area contributed by atoms with Gasteiger partial charge in [-0.25, -0.2) is 24.6 Å². The highest BCUT2D eigenvalue weighted by Gasteiger charge is 2.16. The summed E-state index contributed by atoms with van der Waals surface area (Å²) in [6, 6.07) is 10.9. The first-order chi connectivity index (χ1) is 25.0. The number of nitrogens with zero attached hydrogens (tertiary/aromatic N) is 12. The van der Waals surface area contributed by atoms with E-state index in [9.17, 15) is 5.11 Å². The SMILES string of the molecule is Cc1ccc(-c2ncno2)cc1OCc1nn(C)c2ncnc(Cl)c12.Cc1noc(-c2ccc(C)c(O)c2)n1.Cn1nc(CBr)c2c(Cl)ncnc21. The number of halogens is 3. The maximum absolute atomic E-state index is 9.48. The standard InChI is InChI=1S/C16H13ClN6O2.C10H10N2O2.C7H6BrClN4/c1-9-3-4-10(16-20-8-21-25-16)5-12(9)24-6-11-13-14(17)18-7-19-15(13)23(2)22-11;1-6-3-4-8(5-9(6)13)10-11-7(2)12-14-10;1-13-7-5(4(2-8)12-13)6(9)10-3-11-7/h3-5,7-8H,6H2,1-2H3;3-5,13H,1-2H3;3H,2H2,1H3. The van der Waals surface area contributed by atoms with Gasteiger partial charge in [-0.2, -0.15) is 20.2 Å². The van der Waals surface area contributed by atoms with Gasteiger partial charge in [0.25, 0.3) is 11.8 Å². The molecular weight excluding hydrogens is 779 g/mol. The number of benzene rings is 2. The van der Waals surface area contributed by atoms with Crippen LogP contribution in [0.2, 0.25) is 10.3 Å². The van der Waals surface area contributed by atoms with Gasteiger partial charge in [0.2, 0.25) is 0 Å². The molecule has 0 bridgehead atoms. The molecule has 0 fully saturated rings. The lowest BCUT2D eigenvalue weighted by Crippen LogP contribution is -2.00. The Balaban J connectivity index is 0.000000146. The Morgan fingerprint density at radius 2 is 1.37 bits per heavy atom. The number of hydrogen-bond acceptors (Lipinski definition) is 14. The van der Waals surface area contributed by atoms with Crippen LogP contribution in [0.4, 0.5) is 0 Å². The van der Waals surface area contributed by atoms with Gasteiger partial charge in [-0.1, -0.05) is 61.6 Å². The van der Waals surface area contributed by atoms with Crippen LogP contribution in [0.5, 0.6) is 11.5 Å². The number of aromatic hydroxyl groups is 1.